The SMILES string of the molecule is CC(C)(C)c1ccc(-c2cc3c(s2)C2(c4ccccc4Oc4ccccc42)c2cc(-c4ccc(C(C)(C)C)cc4)sc2C32c3ccccc3Oc3ccccc32)cc1. The molecule has 284 valence electrons. The minimum absolute atomic E-state index is 0.0609. The van der Waals surface area contributed by atoms with E-state index in [0.29, 0.717) is 0 Å². The van der Waals surface area contributed by atoms with Gasteiger partial charge in [-0.1, -0.05) is 163 Å². The van der Waals surface area contributed by atoms with Crippen molar-refractivity contribution in [3.8, 4) is 43.9 Å². The van der Waals surface area contributed by atoms with Gasteiger partial charge in [0.15, 0.2) is 0 Å². The molecule has 0 amide bonds. The van der Waals surface area contributed by atoms with E-state index in [9.17, 15) is 0 Å². The third-order valence-corrected chi connectivity index (χ3v) is 15.2. The Labute approximate surface area is 349 Å². The first-order valence-corrected chi connectivity index (χ1v) is 21.9. The summed E-state index contributed by atoms with van der Waals surface area (Å²) in [5.41, 5.74) is 11.2. The number of hydrogen-bond donors (Lipinski definition) is 0. The van der Waals surface area contributed by atoms with Crippen molar-refractivity contribution < 1.29 is 9.47 Å². The molecule has 0 fully saturated rings. The van der Waals surface area contributed by atoms with Crippen molar-refractivity contribution in [2.75, 3.05) is 0 Å². The van der Waals surface area contributed by atoms with Gasteiger partial charge in [0.1, 0.15) is 23.0 Å². The topological polar surface area (TPSA) is 18.5 Å². The second-order valence-electron chi connectivity index (χ2n) is 18.1. The molecule has 58 heavy (non-hydrogen) atoms. The Morgan fingerprint density at radius 3 is 0.948 bits per heavy atom. The maximum absolute atomic E-state index is 6.85. The zero-order valence-corrected chi connectivity index (χ0v) is 35.3. The van der Waals surface area contributed by atoms with Crippen LogP contribution in [0.3, 0.4) is 0 Å². The molecule has 3 aliphatic rings. The minimum Gasteiger partial charge on any atom is -0.457 e. The second-order valence-corrected chi connectivity index (χ2v) is 20.2. The van der Waals surface area contributed by atoms with E-state index in [1.165, 1.54) is 75.1 Å². The van der Waals surface area contributed by atoms with Crippen LogP contribution < -0.4 is 9.47 Å². The predicted molar refractivity (Wildman–Crippen MR) is 241 cm³/mol. The Morgan fingerprint density at radius 1 is 0.362 bits per heavy atom. The highest BCUT2D eigenvalue weighted by molar-refractivity contribution is 7.17. The zero-order chi connectivity index (χ0) is 39.6. The Morgan fingerprint density at radius 2 is 0.655 bits per heavy atom. The van der Waals surface area contributed by atoms with E-state index < -0.39 is 10.8 Å². The lowest BCUT2D eigenvalue weighted by atomic mass is 9.54. The van der Waals surface area contributed by atoms with Crippen LogP contribution in [0.5, 0.6) is 23.0 Å². The third kappa shape index (κ3) is 4.88. The molecule has 8 aromatic rings. The van der Waals surface area contributed by atoms with Crippen molar-refractivity contribution in [2.24, 2.45) is 0 Å². The van der Waals surface area contributed by atoms with E-state index >= 15 is 0 Å². The Hall–Kier alpha value is -5.68. The number of rotatable bonds is 2. The number of para-hydroxylation sites is 4. The Kier molecular flexibility index (Phi) is 7.59. The predicted octanol–water partition coefficient (Wildman–Crippen LogP) is 15.0. The van der Waals surface area contributed by atoms with Crippen LogP contribution in [0.1, 0.15) is 95.8 Å². The summed E-state index contributed by atoms with van der Waals surface area (Å²) in [5.74, 6) is 3.59. The van der Waals surface area contributed by atoms with E-state index in [2.05, 4.69) is 199 Å². The van der Waals surface area contributed by atoms with Gasteiger partial charge >= 0.3 is 0 Å². The molecule has 0 saturated carbocycles. The Bertz CT molecular complexity index is 2570. The molecule has 0 bridgehead atoms. The molecule has 4 heteroatoms. The summed E-state index contributed by atoms with van der Waals surface area (Å²) in [6.07, 6.45) is 0. The van der Waals surface area contributed by atoms with Gasteiger partial charge in [-0.3, -0.25) is 0 Å². The van der Waals surface area contributed by atoms with E-state index in [0.717, 1.165) is 23.0 Å². The van der Waals surface area contributed by atoms with Gasteiger partial charge in [-0.2, -0.15) is 0 Å². The van der Waals surface area contributed by atoms with Crippen molar-refractivity contribution in [3.05, 3.63) is 212 Å². The van der Waals surface area contributed by atoms with Crippen molar-refractivity contribution in [3.63, 3.8) is 0 Å². The van der Waals surface area contributed by atoms with Gasteiger partial charge in [0, 0.05) is 41.8 Å². The number of ether oxygens (including phenoxy) is 2. The van der Waals surface area contributed by atoms with Crippen LogP contribution in [-0.4, -0.2) is 0 Å². The molecule has 0 atom stereocenters. The molecule has 6 aromatic carbocycles. The quantitative estimate of drug-likeness (QED) is 0.174. The fraction of sp³-hybridized carbons (Fsp3) is 0.185. The fourth-order valence-electron chi connectivity index (χ4n) is 9.75. The van der Waals surface area contributed by atoms with Crippen molar-refractivity contribution >= 4 is 22.7 Å². The van der Waals surface area contributed by atoms with Crippen LogP contribution in [0.25, 0.3) is 20.9 Å². The molecule has 2 aromatic heterocycles. The van der Waals surface area contributed by atoms with Gasteiger partial charge in [0.2, 0.25) is 0 Å². The van der Waals surface area contributed by atoms with Crippen LogP contribution in [0.15, 0.2) is 158 Å². The zero-order valence-electron chi connectivity index (χ0n) is 33.6. The molecule has 0 saturated heterocycles. The summed E-state index contributed by atoms with van der Waals surface area (Å²) in [7, 11) is 0. The average molecular weight is 789 g/mol. The van der Waals surface area contributed by atoms with Crippen LogP contribution in [0.2, 0.25) is 0 Å². The molecule has 1 aliphatic carbocycles. The fourth-order valence-corrected chi connectivity index (χ4v) is 12.7. The van der Waals surface area contributed by atoms with Crippen molar-refractivity contribution in [1.29, 1.82) is 0 Å². The molecule has 4 heterocycles. The summed E-state index contributed by atoms with van der Waals surface area (Å²) >= 11 is 3.87. The molecule has 0 unspecified atom stereocenters. The van der Waals surface area contributed by atoms with E-state index in [1.807, 2.05) is 22.7 Å². The van der Waals surface area contributed by atoms with Gasteiger partial charge < -0.3 is 9.47 Å². The van der Waals surface area contributed by atoms with E-state index in [1.54, 1.807) is 0 Å². The Balaban J connectivity index is 1.31. The number of benzene rings is 6. The van der Waals surface area contributed by atoms with Gasteiger partial charge in [0.05, 0.1) is 10.8 Å². The highest BCUT2D eigenvalue weighted by Crippen LogP contribution is 2.70. The maximum Gasteiger partial charge on any atom is 0.132 e. The van der Waals surface area contributed by atoms with Gasteiger partial charge in [-0.05, 0) is 80.6 Å². The van der Waals surface area contributed by atoms with Crippen LogP contribution in [0, 0.1) is 0 Å². The minimum atomic E-state index is -0.655. The van der Waals surface area contributed by atoms with E-state index in [-0.39, 0.29) is 10.8 Å². The second kappa shape index (κ2) is 12.4. The number of thiophene rings is 2. The molecule has 2 spiro atoms. The van der Waals surface area contributed by atoms with Crippen molar-refractivity contribution in [2.45, 2.75) is 63.2 Å². The summed E-state index contributed by atoms with van der Waals surface area (Å²) in [5, 5.41) is 0. The first kappa shape index (κ1) is 35.5. The maximum atomic E-state index is 6.85. The molecule has 2 aliphatic heterocycles. The van der Waals surface area contributed by atoms with Crippen LogP contribution in [-0.2, 0) is 21.7 Å². The largest absolute Gasteiger partial charge is 0.457 e. The molecule has 0 N–H and O–H groups in total. The summed E-state index contributed by atoms with van der Waals surface area (Å²) in [4.78, 5) is 5.13. The van der Waals surface area contributed by atoms with Crippen LogP contribution in [0.4, 0.5) is 0 Å². The highest BCUT2D eigenvalue weighted by atomic mass is 32.1. The lowest BCUT2D eigenvalue weighted by Gasteiger charge is -2.50. The van der Waals surface area contributed by atoms with Gasteiger partial charge in [-0.25, -0.2) is 0 Å². The molecule has 2 nitrogen and oxygen atoms in total. The number of hydrogen-bond acceptors (Lipinski definition) is 4. The highest BCUT2D eigenvalue weighted by Gasteiger charge is 2.60. The number of fused-ring (bicyclic) bond motifs is 14. The first-order valence-electron chi connectivity index (χ1n) is 20.2. The van der Waals surface area contributed by atoms with Crippen molar-refractivity contribution in [1.82, 2.24) is 0 Å². The third-order valence-electron chi connectivity index (χ3n) is 12.6. The first-order chi connectivity index (χ1) is 28.0. The van der Waals surface area contributed by atoms with Gasteiger partial charge in [-0.15, -0.1) is 22.7 Å². The molecular formula is C54H44O2S2. The molecular weight excluding hydrogens is 745 g/mol. The lowest BCUT2D eigenvalue weighted by molar-refractivity contribution is 0.418. The standard InChI is InChI=1S/C54H44O2S2/c1-51(2,3)35-27-23-33(24-28-35)47-31-41-49(57-47)54(39-17-9-13-21-45(39)56-46-22-14-10-18-40(46)54)42-32-48(34-25-29-36(30-26-34)52(4,5)6)58-50(42)53(41)37-15-7-11-19-43(37)55-44-20-12-8-16-38(44)53/h7-32H,1-6H3. The summed E-state index contributed by atoms with van der Waals surface area (Å²) < 4.78 is 13.7. The molecule has 0 radical (unpaired) electrons. The normalized spacial score (nSPS) is 15.3. The van der Waals surface area contributed by atoms with Crippen LogP contribution >= 0.6 is 22.7 Å². The monoisotopic (exact) mass is 788 g/mol. The summed E-state index contributed by atoms with van der Waals surface area (Å²) in [6.45, 7) is 13.7. The lowest BCUT2D eigenvalue weighted by Crippen LogP contribution is -2.45. The average Bonchev–Trinajstić information content (AvgIpc) is 3.89. The van der Waals surface area contributed by atoms with Gasteiger partial charge in [0.25, 0.3) is 0 Å². The molecule has 11 rings (SSSR count). The van der Waals surface area contributed by atoms with E-state index in [4.69, 9.17) is 9.47 Å². The smallest absolute Gasteiger partial charge is 0.132 e. The summed E-state index contributed by atoms with van der Waals surface area (Å²) in [6, 6.07) is 58.5.